The van der Waals surface area contributed by atoms with Gasteiger partial charge in [-0.3, -0.25) is 0 Å². The number of morpholine rings is 1. The maximum atomic E-state index is 13.1. The fourth-order valence-electron chi connectivity index (χ4n) is 4.09. The van der Waals surface area contributed by atoms with Crippen molar-refractivity contribution in [1.29, 1.82) is 0 Å². The molecule has 27 heavy (non-hydrogen) atoms. The second-order valence-corrected chi connectivity index (χ2v) is 8.23. The summed E-state index contributed by atoms with van der Waals surface area (Å²) < 4.78 is 18.9. The molecule has 1 aliphatic carbocycles. The van der Waals surface area contributed by atoms with Crippen LogP contribution in [0.4, 0.5) is 9.18 Å². The molecule has 4 rings (SSSR count). The van der Waals surface area contributed by atoms with Crippen molar-refractivity contribution in [2.45, 2.75) is 31.8 Å². The van der Waals surface area contributed by atoms with Gasteiger partial charge in [-0.2, -0.15) is 0 Å². The van der Waals surface area contributed by atoms with Gasteiger partial charge in [0.2, 0.25) is 0 Å². The van der Waals surface area contributed by atoms with Crippen molar-refractivity contribution in [3.8, 4) is 0 Å². The molecule has 1 N–H and O–H groups in total. The maximum Gasteiger partial charge on any atom is 0.317 e. The number of hydrogen-bond acceptors (Lipinski definition) is 3. The van der Waals surface area contributed by atoms with Crippen molar-refractivity contribution < 1.29 is 13.9 Å². The van der Waals surface area contributed by atoms with Gasteiger partial charge < -0.3 is 19.9 Å². The molecule has 5 nitrogen and oxygen atoms in total. The lowest BCUT2D eigenvalue weighted by Crippen LogP contribution is -2.48. The predicted molar refractivity (Wildman–Crippen MR) is 102 cm³/mol. The molecule has 1 aromatic carbocycles. The molecular formula is C21H30FN3O2. The molecule has 2 heterocycles. The number of rotatable bonds is 5. The van der Waals surface area contributed by atoms with Crippen LogP contribution in [0.1, 0.15) is 37.4 Å². The van der Waals surface area contributed by atoms with Gasteiger partial charge in [0, 0.05) is 19.6 Å². The van der Waals surface area contributed by atoms with Crippen LogP contribution in [-0.2, 0) is 4.74 Å². The molecule has 0 radical (unpaired) electrons. The first kappa shape index (κ1) is 18.7. The Kier molecular flexibility index (Phi) is 5.93. The molecule has 1 saturated carbocycles. The van der Waals surface area contributed by atoms with Gasteiger partial charge in [-0.15, -0.1) is 0 Å². The van der Waals surface area contributed by atoms with Crippen LogP contribution in [0.2, 0.25) is 0 Å². The van der Waals surface area contributed by atoms with Crippen LogP contribution in [0.25, 0.3) is 0 Å². The molecule has 0 aromatic heterocycles. The van der Waals surface area contributed by atoms with E-state index in [9.17, 15) is 9.18 Å². The number of piperidine rings is 1. The number of carbonyl (C=O) groups is 1. The Balaban J connectivity index is 1.20. The van der Waals surface area contributed by atoms with Gasteiger partial charge >= 0.3 is 6.03 Å². The predicted octanol–water partition coefficient (Wildman–Crippen LogP) is 3.03. The lowest BCUT2D eigenvalue weighted by molar-refractivity contribution is -0.0156. The Morgan fingerprint density at radius 3 is 2.52 bits per heavy atom. The summed E-state index contributed by atoms with van der Waals surface area (Å²) in [6, 6.07) is 6.33. The molecule has 148 valence electrons. The molecule has 0 bridgehead atoms. The summed E-state index contributed by atoms with van der Waals surface area (Å²) in [6.07, 6.45) is 4.99. The molecule has 1 atom stereocenters. The van der Waals surface area contributed by atoms with Crippen molar-refractivity contribution in [1.82, 2.24) is 15.1 Å². The number of urea groups is 1. The van der Waals surface area contributed by atoms with E-state index in [0.29, 0.717) is 25.6 Å². The van der Waals surface area contributed by atoms with Crippen LogP contribution >= 0.6 is 0 Å². The van der Waals surface area contributed by atoms with E-state index in [1.807, 2.05) is 4.90 Å². The van der Waals surface area contributed by atoms with Crippen molar-refractivity contribution in [3.05, 3.63) is 35.6 Å². The second-order valence-electron chi connectivity index (χ2n) is 8.23. The first-order chi connectivity index (χ1) is 13.2. The number of hydrogen-bond donors (Lipinski definition) is 1. The van der Waals surface area contributed by atoms with E-state index in [0.717, 1.165) is 18.0 Å². The number of nitrogens with one attached hydrogen (secondary N) is 1. The Hall–Kier alpha value is -1.66. The Morgan fingerprint density at radius 1 is 1.07 bits per heavy atom. The minimum atomic E-state index is -0.257. The van der Waals surface area contributed by atoms with Crippen LogP contribution in [0, 0.1) is 17.7 Å². The summed E-state index contributed by atoms with van der Waals surface area (Å²) in [5, 5.41) is 3.12. The molecule has 0 unspecified atom stereocenters. The number of carbonyl (C=O) groups excluding carboxylic acids is 1. The summed E-state index contributed by atoms with van der Waals surface area (Å²) in [7, 11) is 0. The summed E-state index contributed by atoms with van der Waals surface area (Å²) in [5.41, 5.74) is 0.914. The number of nitrogens with zero attached hydrogens (tertiary/aromatic N) is 2. The fourth-order valence-corrected chi connectivity index (χ4v) is 4.09. The number of likely N-dealkylation sites (tertiary alicyclic amines) is 1. The number of amides is 2. The largest absolute Gasteiger partial charge is 0.370 e. The summed E-state index contributed by atoms with van der Waals surface area (Å²) in [5.74, 6) is 1.28. The Morgan fingerprint density at radius 2 is 1.81 bits per heavy atom. The highest BCUT2D eigenvalue weighted by Gasteiger charge is 2.28. The van der Waals surface area contributed by atoms with Crippen LogP contribution in [0.15, 0.2) is 24.3 Å². The molecule has 2 saturated heterocycles. The van der Waals surface area contributed by atoms with Gasteiger partial charge in [-0.1, -0.05) is 12.1 Å². The van der Waals surface area contributed by atoms with Gasteiger partial charge in [0.15, 0.2) is 0 Å². The van der Waals surface area contributed by atoms with Gasteiger partial charge in [0.05, 0.1) is 13.2 Å². The molecule has 6 heteroatoms. The van der Waals surface area contributed by atoms with Crippen LogP contribution in [0.5, 0.6) is 0 Å². The third-order valence-corrected chi connectivity index (χ3v) is 6.06. The van der Waals surface area contributed by atoms with Crippen LogP contribution < -0.4 is 5.32 Å². The second kappa shape index (κ2) is 8.57. The lowest BCUT2D eigenvalue weighted by Gasteiger charge is -2.35. The smallest absolute Gasteiger partial charge is 0.317 e. The molecule has 0 spiro atoms. The van der Waals surface area contributed by atoms with E-state index in [2.05, 4.69) is 10.2 Å². The van der Waals surface area contributed by atoms with E-state index in [1.165, 1.54) is 57.5 Å². The van der Waals surface area contributed by atoms with Crippen molar-refractivity contribution in [2.24, 2.45) is 11.8 Å². The SMILES string of the molecule is O=C(NCC1CCN(CC2CC2)CC1)N1CCO[C@@H](c2ccc(F)cc2)C1. The number of benzene rings is 1. The van der Waals surface area contributed by atoms with Gasteiger partial charge in [-0.25, -0.2) is 9.18 Å². The molecule has 1 aromatic rings. The van der Waals surface area contributed by atoms with Crippen molar-refractivity contribution in [2.75, 3.05) is 45.9 Å². The van der Waals surface area contributed by atoms with E-state index in [-0.39, 0.29) is 18.0 Å². The normalized spacial score (nSPS) is 24.8. The van der Waals surface area contributed by atoms with E-state index >= 15 is 0 Å². The van der Waals surface area contributed by atoms with E-state index < -0.39 is 0 Å². The summed E-state index contributed by atoms with van der Waals surface area (Å²) >= 11 is 0. The average molecular weight is 375 g/mol. The molecule has 3 fully saturated rings. The summed E-state index contributed by atoms with van der Waals surface area (Å²) in [6.45, 7) is 5.99. The standard InChI is InChI=1S/C21H30FN3O2/c22-19-5-3-18(4-6-19)20-15-25(11-12-27-20)21(26)23-13-16-7-9-24(10-8-16)14-17-1-2-17/h3-6,16-17,20H,1-2,7-15H2,(H,23,26)/t20-/m1/s1. The highest BCUT2D eigenvalue weighted by atomic mass is 19.1. The minimum Gasteiger partial charge on any atom is -0.370 e. The molecule has 2 amide bonds. The highest BCUT2D eigenvalue weighted by molar-refractivity contribution is 5.74. The zero-order valence-corrected chi connectivity index (χ0v) is 15.9. The minimum absolute atomic E-state index is 0.00850. The number of halogens is 1. The zero-order valence-electron chi connectivity index (χ0n) is 15.9. The van der Waals surface area contributed by atoms with Crippen LogP contribution in [-0.4, -0.2) is 61.7 Å². The maximum absolute atomic E-state index is 13.1. The first-order valence-electron chi connectivity index (χ1n) is 10.3. The quantitative estimate of drug-likeness (QED) is 0.860. The van der Waals surface area contributed by atoms with E-state index in [4.69, 9.17) is 4.74 Å². The third kappa shape index (κ3) is 5.20. The van der Waals surface area contributed by atoms with Gasteiger partial charge in [0.1, 0.15) is 11.9 Å². The van der Waals surface area contributed by atoms with Crippen molar-refractivity contribution >= 4 is 6.03 Å². The highest BCUT2D eigenvalue weighted by Crippen LogP contribution is 2.31. The third-order valence-electron chi connectivity index (χ3n) is 6.06. The van der Waals surface area contributed by atoms with Gasteiger partial charge in [0.25, 0.3) is 0 Å². The zero-order chi connectivity index (χ0) is 18.6. The van der Waals surface area contributed by atoms with Crippen LogP contribution in [0.3, 0.4) is 0 Å². The van der Waals surface area contributed by atoms with Gasteiger partial charge in [-0.05, 0) is 68.3 Å². The average Bonchev–Trinajstić information content (AvgIpc) is 3.52. The van der Waals surface area contributed by atoms with Crippen molar-refractivity contribution in [3.63, 3.8) is 0 Å². The topological polar surface area (TPSA) is 44.8 Å². The molecule has 3 aliphatic rings. The monoisotopic (exact) mass is 375 g/mol. The Bertz CT molecular complexity index is 627. The number of ether oxygens (including phenoxy) is 1. The van der Waals surface area contributed by atoms with E-state index in [1.54, 1.807) is 12.1 Å². The Labute approximate surface area is 160 Å². The molecular weight excluding hydrogens is 345 g/mol. The fraction of sp³-hybridized carbons (Fsp3) is 0.667. The molecule has 2 aliphatic heterocycles. The summed E-state index contributed by atoms with van der Waals surface area (Å²) in [4.78, 5) is 17.0. The lowest BCUT2D eigenvalue weighted by atomic mass is 9.96. The first-order valence-corrected chi connectivity index (χ1v) is 10.3.